The number of carbonyl (C=O) groups is 1. The molecular weight excluding hydrogens is 240 g/mol. The molecule has 5 heteroatoms. The van der Waals surface area contributed by atoms with Gasteiger partial charge in [0.1, 0.15) is 6.04 Å². The van der Waals surface area contributed by atoms with Crippen LogP contribution in [0.4, 0.5) is 0 Å². The number of nitrogens with zero attached hydrogens (tertiary/aromatic N) is 3. The Morgan fingerprint density at radius 3 is 2.53 bits per heavy atom. The molecule has 0 spiro atoms. The fourth-order valence-electron chi connectivity index (χ4n) is 3.05. The Morgan fingerprint density at radius 1 is 1.42 bits per heavy atom. The van der Waals surface area contributed by atoms with Gasteiger partial charge < -0.3 is 10.2 Å². The molecule has 1 aromatic heterocycles. The molecule has 3 atom stereocenters. The van der Waals surface area contributed by atoms with E-state index in [4.69, 9.17) is 0 Å². The molecule has 106 valence electrons. The van der Waals surface area contributed by atoms with Gasteiger partial charge in [-0.3, -0.25) is 9.48 Å². The van der Waals surface area contributed by atoms with Crippen molar-refractivity contribution in [1.29, 1.82) is 0 Å². The summed E-state index contributed by atoms with van der Waals surface area (Å²) in [5.74, 6) is 1.33. The molecule has 1 aliphatic heterocycles. The first-order chi connectivity index (χ1) is 9.01. The van der Waals surface area contributed by atoms with Gasteiger partial charge in [0.25, 0.3) is 0 Å². The lowest BCUT2D eigenvalue weighted by atomic mass is 9.91. The van der Waals surface area contributed by atoms with Crippen LogP contribution in [-0.4, -0.2) is 40.7 Å². The molecule has 0 bridgehead atoms. The maximum atomic E-state index is 12.7. The molecule has 1 saturated heterocycles. The highest BCUT2D eigenvalue weighted by molar-refractivity contribution is 5.83. The second kappa shape index (κ2) is 5.74. The zero-order valence-corrected chi connectivity index (χ0v) is 12.3. The lowest BCUT2D eigenvalue weighted by molar-refractivity contribution is -0.136. The minimum atomic E-state index is -0.286. The quantitative estimate of drug-likeness (QED) is 0.892. The van der Waals surface area contributed by atoms with Gasteiger partial charge >= 0.3 is 0 Å². The fourth-order valence-corrected chi connectivity index (χ4v) is 3.05. The van der Waals surface area contributed by atoms with Gasteiger partial charge in [0.15, 0.2) is 0 Å². The molecule has 0 saturated carbocycles. The number of aryl methyl sites for hydroxylation is 1. The van der Waals surface area contributed by atoms with E-state index in [2.05, 4.69) is 24.3 Å². The van der Waals surface area contributed by atoms with Crippen molar-refractivity contribution in [3.63, 3.8) is 0 Å². The van der Waals surface area contributed by atoms with Crippen molar-refractivity contribution < 1.29 is 4.79 Å². The highest BCUT2D eigenvalue weighted by atomic mass is 16.2. The van der Waals surface area contributed by atoms with E-state index in [-0.39, 0.29) is 11.9 Å². The van der Waals surface area contributed by atoms with E-state index in [1.54, 1.807) is 10.9 Å². The number of amides is 1. The molecule has 19 heavy (non-hydrogen) atoms. The number of likely N-dealkylation sites (tertiary alicyclic amines) is 1. The first kappa shape index (κ1) is 14.1. The topological polar surface area (TPSA) is 50.2 Å². The van der Waals surface area contributed by atoms with Crippen molar-refractivity contribution in [3.05, 3.63) is 18.0 Å². The summed E-state index contributed by atoms with van der Waals surface area (Å²) in [6.45, 7) is 6.16. The maximum absolute atomic E-state index is 12.7. The summed E-state index contributed by atoms with van der Waals surface area (Å²) in [6, 6.07) is -0.286. The Hall–Kier alpha value is -1.36. The summed E-state index contributed by atoms with van der Waals surface area (Å²) >= 11 is 0. The predicted molar refractivity (Wildman–Crippen MR) is 74.5 cm³/mol. The van der Waals surface area contributed by atoms with E-state index in [1.165, 1.54) is 6.42 Å². The van der Waals surface area contributed by atoms with Crippen molar-refractivity contribution in [1.82, 2.24) is 20.0 Å². The highest BCUT2D eigenvalue weighted by Crippen LogP contribution is 2.24. The number of aromatic nitrogens is 2. The minimum absolute atomic E-state index is 0.161. The van der Waals surface area contributed by atoms with Crippen LogP contribution in [0.2, 0.25) is 0 Å². The number of hydrogen-bond donors (Lipinski definition) is 1. The third kappa shape index (κ3) is 3.15. The molecule has 2 heterocycles. The average molecular weight is 264 g/mol. The van der Waals surface area contributed by atoms with Crippen LogP contribution < -0.4 is 5.32 Å². The summed E-state index contributed by atoms with van der Waals surface area (Å²) in [6.07, 6.45) is 4.87. The van der Waals surface area contributed by atoms with Gasteiger partial charge in [-0.05, 0) is 25.3 Å². The molecule has 1 aromatic rings. The van der Waals surface area contributed by atoms with Gasteiger partial charge in [-0.2, -0.15) is 5.10 Å². The summed E-state index contributed by atoms with van der Waals surface area (Å²) in [7, 11) is 3.69. The third-order valence-corrected chi connectivity index (χ3v) is 3.77. The predicted octanol–water partition coefficient (Wildman–Crippen LogP) is 1.19. The number of carbonyl (C=O) groups excluding carboxylic acids is 1. The van der Waals surface area contributed by atoms with Crippen LogP contribution in [0.3, 0.4) is 0 Å². The summed E-state index contributed by atoms with van der Waals surface area (Å²) in [5.41, 5.74) is 0.931. The maximum Gasteiger partial charge on any atom is 0.244 e. The summed E-state index contributed by atoms with van der Waals surface area (Å²) in [4.78, 5) is 14.6. The number of rotatable bonds is 3. The molecule has 1 fully saturated rings. The van der Waals surface area contributed by atoms with Crippen LogP contribution in [0.15, 0.2) is 12.4 Å². The first-order valence-electron chi connectivity index (χ1n) is 6.95. The average Bonchev–Trinajstić information content (AvgIpc) is 2.75. The second-order valence-electron chi connectivity index (χ2n) is 5.86. The fraction of sp³-hybridized carbons (Fsp3) is 0.714. The second-order valence-corrected chi connectivity index (χ2v) is 5.86. The zero-order chi connectivity index (χ0) is 14.0. The largest absolute Gasteiger partial charge is 0.341 e. The Morgan fingerprint density at radius 2 is 2.05 bits per heavy atom. The van der Waals surface area contributed by atoms with E-state index < -0.39 is 0 Å². The third-order valence-electron chi connectivity index (χ3n) is 3.77. The molecule has 0 aromatic carbocycles. The SMILES string of the molecule is CNC(C(=O)N1CC(C)CC(C)C1)c1cnn(C)c1. The van der Waals surface area contributed by atoms with E-state index in [1.807, 2.05) is 25.2 Å². The van der Waals surface area contributed by atoms with Crippen molar-refractivity contribution in [2.45, 2.75) is 26.3 Å². The monoisotopic (exact) mass is 264 g/mol. The van der Waals surface area contributed by atoms with Crippen molar-refractivity contribution in [3.8, 4) is 0 Å². The van der Waals surface area contributed by atoms with Gasteiger partial charge in [0, 0.05) is 31.9 Å². The molecule has 2 rings (SSSR count). The first-order valence-corrected chi connectivity index (χ1v) is 6.95. The standard InChI is InChI=1S/C14H24N4O/c1-10-5-11(2)8-18(7-10)14(19)13(15-3)12-6-16-17(4)9-12/h6,9-11,13,15H,5,7-8H2,1-4H3. The van der Waals surface area contributed by atoms with Gasteiger partial charge in [-0.25, -0.2) is 0 Å². The zero-order valence-electron chi connectivity index (χ0n) is 12.3. The van der Waals surface area contributed by atoms with E-state index in [0.29, 0.717) is 11.8 Å². The summed E-state index contributed by atoms with van der Waals surface area (Å²) in [5, 5.41) is 7.26. The van der Waals surface area contributed by atoms with Crippen molar-refractivity contribution in [2.75, 3.05) is 20.1 Å². The molecule has 1 aliphatic rings. The van der Waals surface area contributed by atoms with Crippen LogP contribution in [-0.2, 0) is 11.8 Å². The molecule has 5 nitrogen and oxygen atoms in total. The molecule has 3 unspecified atom stereocenters. The normalized spacial score (nSPS) is 25.4. The summed E-state index contributed by atoms with van der Waals surface area (Å²) < 4.78 is 1.73. The van der Waals surface area contributed by atoms with Gasteiger partial charge in [-0.15, -0.1) is 0 Å². The van der Waals surface area contributed by atoms with Crippen LogP contribution in [0, 0.1) is 11.8 Å². The molecule has 1 N–H and O–H groups in total. The van der Waals surface area contributed by atoms with Crippen LogP contribution >= 0.6 is 0 Å². The van der Waals surface area contributed by atoms with Gasteiger partial charge in [-0.1, -0.05) is 13.8 Å². The van der Waals surface area contributed by atoms with Crippen LogP contribution in [0.1, 0.15) is 31.9 Å². The molecule has 1 amide bonds. The van der Waals surface area contributed by atoms with Crippen LogP contribution in [0.25, 0.3) is 0 Å². The van der Waals surface area contributed by atoms with Crippen LogP contribution in [0.5, 0.6) is 0 Å². The number of nitrogens with one attached hydrogen (secondary N) is 1. The number of likely N-dealkylation sites (N-methyl/N-ethyl adjacent to an activating group) is 1. The van der Waals surface area contributed by atoms with Crippen molar-refractivity contribution in [2.24, 2.45) is 18.9 Å². The highest BCUT2D eigenvalue weighted by Gasteiger charge is 2.30. The Balaban J connectivity index is 2.12. The lowest BCUT2D eigenvalue weighted by Gasteiger charge is -2.36. The molecule has 0 aliphatic carbocycles. The molecular formula is C14H24N4O. The van der Waals surface area contributed by atoms with E-state index >= 15 is 0 Å². The van der Waals surface area contributed by atoms with Crippen molar-refractivity contribution >= 4 is 5.91 Å². The Kier molecular flexibility index (Phi) is 4.24. The van der Waals surface area contributed by atoms with Gasteiger partial charge in [0.2, 0.25) is 5.91 Å². The number of hydrogen-bond acceptors (Lipinski definition) is 3. The molecule has 0 radical (unpaired) electrons. The number of piperidine rings is 1. The Bertz CT molecular complexity index is 432. The van der Waals surface area contributed by atoms with E-state index in [9.17, 15) is 4.79 Å². The smallest absolute Gasteiger partial charge is 0.244 e. The lowest BCUT2D eigenvalue weighted by Crippen LogP contribution is -2.47. The van der Waals surface area contributed by atoms with E-state index in [0.717, 1.165) is 18.7 Å². The minimum Gasteiger partial charge on any atom is -0.341 e. The van der Waals surface area contributed by atoms with Gasteiger partial charge in [0.05, 0.1) is 6.20 Å². The Labute approximate surface area is 115 Å².